The van der Waals surface area contributed by atoms with Gasteiger partial charge in [-0.1, -0.05) is 0 Å². The summed E-state index contributed by atoms with van der Waals surface area (Å²) < 4.78 is 65.2. The third kappa shape index (κ3) is 6.03. The molecule has 186 valence electrons. The van der Waals surface area contributed by atoms with E-state index in [1.54, 1.807) is 13.8 Å². The van der Waals surface area contributed by atoms with Crippen LogP contribution in [-0.2, 0) is 15.8 Å². The molecule has 0 spiro atoms. The SMILES string of the molecule is CC1(C)C[C@@H](C[C@@H](C#N)NC(=O)C(CC2CC2(F)F)NC(=O)c2ccc(C(F)(F)F)[nH]2)C(=O)N1. The number of nitrogens with one attached hydrogen (secondary N) is 4. The highest BCUT2D eigenvalue weighted by atomic mass is 19.4. The predicted octanol–water partition coefficient (Wildman–Crippen LogP) is 2.49. The van der Waals surface area contributed by atoms with E-state index in [-0.39, 0.29) is 12.3 Å². The number of rotatable bonds is 8. The van der Waals surface area contributed by atoms with Crippen LogP contribution < -0.4 is 16.0 Å². The highest BCUT2D eigenvalue weighted by Gasteiger charge is 2.57. The molecular formula is C21H24F5N5O3. The number of nitrogens with zero attached hydrogens (tertiary/aromatic N) is 1. The molecule has 3 amide bonds. The summed E-state index contributed by atoms with van der Waals surface area (Å²) in [5.74, 6) is -7.08. The van der Waals surface area contributed by atoms with Gasteiger partial charge >= 0.3 is 6.18 Å². The summed E-state index contributed by atoms with van der Waals surface area (Å²) in [6.07, 6.45) is -5.29. The molecule has 0 radical (unpaired) electrons. The van der Waals surface area contributed by atoms with Gasteiger partial charge in [0.1, 0.15) is 23.5 Å². The predicted molar refractivity (Wildman–Crippen MR) is 107 cm³/mol. The first-order valence-electron chi connectivity index (χ1n) is 10.6. The molecule has 8 nitrogen and oxygen atoms in total. The molecule has 4 atom stereocenters. The van der Waals surface area contributed by atoms with Gasteiger partial charge in [-0.3, -0.25) is 14.4 Å². The van der Waals surface area contributed by atoms with Crippen LogP contribution in [0.3, 0.4) is 0 Å². The van der Waals surface area contributed by atoms with Crippen LogP contribution in [0.1, 0.15) is 55.7 Å². The molecule has 1 aliphatic carbocycles. The second kappa shape index (κ2) is 8.88. The van der Waals surface area contributed by atoms with Crippen LogP contribution in [0, 0.1) is 23.2 Å². The molecule has 2 fully saturated rings. The zero-order valence-electron chi connectivity index (χ0n) is 18.4. The summed E-state index contributed by atoms with van der Waals surface area (Å²) in [4.78, 5) is 39.2. The fraction of sp³-hybridized carbons (Fsp3) is 0.619. The van der Waals surface area contributed by atoms with Crippen molar-refractivity contribution in [2.75, 3.05) is 0 Å². The van der Waals surface area contributed by atoms with Gasteiger partial charge in [0, 0.05) is 23.8 Å². The van der Waals surface area contributed by atoms with Crippen LogP contribution in [0.2, 0.25) is 0 Å². The second-order valence-corrected chi connectivity index (χ2v) is 9.41. The average Bonchev–Trinajstić information content (AvgIpc) is 3.06. The second-order valence-electron chi connectivity index (χ2n) is 9.41. The van der Waals surface area contributed by atoms with Crippen molar-refractivity contribution in [3.05, 3.63) is 23.5 Å². The molecule has 1 saturated heterocycles. The Kier molecular flexibility index (Phi) is 6.65. The fourth-order valence-electron chi connectivity index (χ4n) is 4.06. The quantitative estimate of drug-likeness (QED) is 0.419. The lowest BCUT2D eigenvalue weighted by Crippen LogP contribution is -2.50. The van der Waals surface area contributed by atoms with Crippen molar-refractivity contribution in [2.24, 2.45) is 11.8 Å². The number of alkyl halides is 5. The van der Waals surface area contributed by atoms with Gasteiger partial charge in [0.2, 0.25) is 11.8 Å². The maximum Gasteiger partial charge on any atom is 0.431 e. The third-order valence-corrected chi connectivity index (χ3v) is 5.92. The van der Waals surface area contributed by atoms with Gasteiger partial charge in [0.25, 0.3) is 11.8 Å². The summed E-state index contributed by atoms with van der Waals surface area (Å²) in [6.45, 7) is 3.61. The Balaban J connectivity index is 1.68. The van der Waals surface area contributed by atoms with E-state index in [1.807, 2.05) is 11.1 Å². The van der Waals surface area contributed by atoms with E-state index in [4.69, 9.17) is 0 Å². The van der Waals surface area contributed by atoms with Crippen molar-refractivity contribution in [2.45, 2.75) is 69.3 Å². The minimum Gasteiger partial charge on any atom is -0.351 e. The molecule has 0 aromatic carbocycles. The van der Waals surface area contributed by atoms with Gasteiger partial charge in [0.15, 0.2) is 0 Å². The molecule has 2 aliphatic rings. The van der Waals surface area contributed by atoms with E-state index >= 15 is 0 Å². The van der Waals surface area contributed by atoms with Gasteiger partial charge in [-0.05, 0) is 45.2 Å². The molecule has 1 aliphatic heterocycles. The van der Waals surface area contributed by atoms with Crippen molar-refractivity contribution in [3.63, 3.8) is 0 Å². The number of carbonyl (C=O) groups is 3. The van der Waals surface area contributed by atoms with Gasteiger partial charge < -0.3 is 20.9 Å². The molecule has 13 heteroatoms. The topological polar surface area (TPSA) is 127 Å². The largest absolute Gasteiger partial charge is 0.431 e. The highest BCUT2D eigenvalue weighted by molar-refractivity contribution is 5.96. The lowest BCUT2D eigenvalue weighted by molar-refractivity contribution is -0.140. The monoisotopic (exact) mass is 489 g/mol. The number of hydrogen-bond acceptors (Lipinski definition) is 4. The number of aromatic nitrogens is 1. The maximum atomic E-state index is 13.5. The van der Waals surface area contributed by atoms with Crippen LogP contribution in [0.4, 0.5) is 22.0 Å². The minimum absolute atomic E-state index is 0.0245. The minimum atomic E-state index is -4.73. The zero-order valence-corrected chi connectivity index (χ0v) is 18.4. The molecular weight excluding hydrogens is 465 g/mol. The molecule has 4 N–H and O–H groups in total. The number of nitriles is 1. The first kappa shape index (κ1) is 25.5. The average molecular weight is 489 g/mol. The Hall–Kier alpha value is -3.17. The van der Waals surface area contributed by atoms with E-state index in [0.717, 1.165) is 6.07 Å². The number of carbonyl (C=O) groups excluding carboxylic acids is 3. The Morgan fingerprint density at radius 2 is 1.85 bits per heavy atom. The lowest BCUT2D eigenvalue weighted by Gasteiger charge is -2.21. The van der Waals surface area contributed by atoms with E-state index in [1.165, 1.54) is 0 Å². The van der Waals surface area contributed by atoms with Crippen LogP contribution >= 0.6 is 0 Å². The van der Waals surface area contributed by atoms with Crippen molar-refractivity contribution >= 4 is 17.7 Å². The number of H-pyrrole nitrogens is 1. The van der Waals surface area contributed by atoms with Crippen molar-refractivity contribution < 1.29 is 36.3 Å². The van der Waals surface area contributed by atoms with Gasteiger partial charge in [-0.2, -0.15) is 18.4 Å². The number of amides is 3. The van der Waals surface area contributed by atoms with Gasteiger partial charge in [-0.15, -0.1) is 0 Å². The number of hydrogen-bond donors (Lipinski definition) is 4. The van der Waals surface area contributed by atoms with Gasteiger partial charge in [-0.25, -0.2) is 8.78 Å². The maximum absolute atomic E-state index is 13.5. The van der Waals surface area contributed by atoms with Crippen LogP contribution in [0.25, 0.3) is 0 Å². The Labute approximate surface area is 191 Å². The Morgan fingerprint density at radius 1 is 1.21 bits per heavy atom. The molecule has 1 aromatic heterocycles. The molecule has 3 rings (SSSR count). The summed E-state index contributed by atoms with van der Waals surface area (Å²) in [7, 11) is 0. The van der Waals surface area contributed by atoms with Gasteiger partial charge in [0.05, 0.1) is 6.07 Å². The summed E-state index contributed by atoms with van der Waals surface area (Å²) in [6, 6.07) is 0.685. The highest BCUT2D eigenvalue weighted by Crippen LogP contribution is 2.51. The van der Waals surface area contributed by atoms with E-state index < -0.39 is 77.6 Å². The molecule has 34 heavy (non-hydrogen) atoms. The third-order valence-electron chi connectivity index (χ3n) is 5.92. The molecule has 2 heterocycles. The van der Waals surface area contributed by atoms with Crippen LogP contribution in [-0.4, -0.2) is 46.3 Å². The summed E-state index contributed by atoms with van der Waals surface area (Å²) >= 11 is 0. The van der Waals surface area contributed by atoms with Crippen molar-refractivity contribution in [3.8, 4) is 6.07 Å². The van der Waals surface area contributed by atoms with Crippen LogP contribution in [0.5, 0.6) is 0 Å². The van der Waals surface area contributed by atoms with E-state index in [2.05, 4.69) is 16.0 Å². The lowest BCUT2D eigenvalue weighted by atomic mass is 9.92. The normalized spacial score (nSPS) is 24.5. The molecule has 1 aromatic rings. The fourth-order valence-corrected chi connectivity index (χ4v) is 4.06. The summed E-state index contributed by atoms with van der Waals surface area (Å²) in [5.41, 5.74) is -2.17. The zero-order chi connectivity index (χ0) is 25.5. The standard InChI is InChI=1S/C21H24F5N5O3/c1-19(2)7-10(16(32)31-19)5-12(9-27)28-18(34)14(6-11-8-20(11,22)23)30-17(33)13-3-4-15(29-13)21(24,25)26/h3-4,10-12,14,29H,5-8H2,1-2H3,(H,28,34)(H,30,33)(H,31,32)/t10-,11?,12+,14?/m1/s1. The smallest absolute Gasteiger partial charge is 0.351 e. The molecule has 0 bridgehead atoms. The first-order chi connectivity index (χ1) is 15.6. The number of halogens is 5. The van der Waals surface area contributed by atoms with Crippen molar-refractivity contribution in [1.29, 1.82) is 5.26 Å². The van der Waals surface area contributed by atoms with Crippen molar-refractivity contribution in [1.82, 2.24) is 20.9 Å². The number of aromatic amines is 1. The molecule has 1 saturated carbocycles. The van der Waals surface area contributed by atoms with E-state index in [0.29, 0.717) is 12.5 Å². The Bertz CT molecular complexity index is 1010. The van der Waals surface area contributed by atoms with Crippen LogP contribution in [0.15, 0.2) is 12.1 Å². The van der Waals surface area contributed by atoms with E-state index in [9.17, 15) is 41.6 Å². The molecule has 2 unspecified atom stereocenters. The summed E-state index contributed by atoms with van der Waals surface area (Å²) in [5, 5.41) is 16.7. The first-order valence-corrected chi connectivity index (χ1v) is 10.6. The Morgan fingerprint density at radius 3 is 2.32 bits per heavy atom.